The average Bonchev–Trinajstić information content (AvgIpc) is 2.37. The highest BCUT2D eigenvalue weighted by molar-refractivity contribution is 7.91. The Balaban J connectivity index is 2.03. The highest BCUT2D eigenvalue weighted by Gasteiger charge is 2.38. The predicted molar refractivity (Wildman–Crippen MR) is 54.1 cm³/mol. The van der Waals surface area contributed by atoms with Gasteiger partial charge in [0.15, 0.2) is 9.84 Å². The molecule has 0 atom stereocenters. The maximum atomic E-state index is 11.3. The summed E-state index contributed by atoms with van der Waals surface area (Å²) in [7, 11) is -2.77. The fourth-order valence-corrected chi connectivity index (χ4v) is 3.73. The Bertz CT molecular complexity index is 275. The molecule has 0 aromatic carbocycles. The largest absolute Gasteiger partial charge is 0.374 e. The summed E-state index contributed by atoms with van der Waals surface area (Å²) in [5, 5.41) is 3.27. The average molecular weight is 219 g/mol. The first-order valence-electron chi connectivity index (χ1n) is 5.17. The molecule has 82 valence electrons. The highest BCUT2D eigenvalue weighted by Crippen LogP contribution is 2.31. The maximum absolute atomic E-state index is 11.3. The molecule has 2 saturated heterocycles. The molecule has 0 radical (unpaired) electrons. The molecule has 2 heterocycles. The van der Waals surface area contributed by atoms with Crippen LogP contribution < -0.4 is 5.32 Å². The Labute approximate surface area is 84.9 Å². The molecule has 4 nitrogen and oxygen atoms in total. The zero-order valence-corrected chi connectivity index (χ0v) is 9.11. The second-order valence-corrected chi connectivity index (χ2v) is 6.49. The van der Waals surface area contributed by atoms with Crippen LogP contribution in [0.15, 0.2) is 0 Å². The smallest absolute Gasteiger partial charge is 0.150 e. The lowest BCUT2D eigenvalue weighted by molar-refractivity contribution is -0.0446. The van der Waals surface area contributed by atoms with E-state index in [0.717, 1.165) is 19.5 Å². The summed E-state index contributed by atoms with van der Waals surface area (Å²) >= 11 is 0. The summed E-state index contributed by atoms with van der Waals surface area (Å²) < 4.78 is 28.4. The topological polar surface area (TPSA) is 55.4 Å². The van der Waals surface area contributed by atoms with Crippen molar-refractivity contribution >= 4 is 9.84 Å². The molecule has 0 aromatic heterocycles. The van der Waals surface area contributed by atoms with Gasteiger partial charge < -0.3 is 10.1 Å². The van der Waals surface area contributed by atoms with E-state index in [1.54, 1.807) is 0 Å². The van der Waals surface area contributed by atoms with Gasteiger partial charge in [0.2, 0.25) is 0 Å². The van der Waals surface area contributed by atoms with Gasteiger partial charge in [-0.1, -0.05) is 0 Å². The van der Waals surface area contributed by atoms with E-state index in [1.807, 2.05) is 0 Å². The van der Waals surface area contributed by atoms with Crippen LogP contribution in [-0.4, -0.2) is 45.2 Å². The minimum atomic E-state index is -2.77. The molecule has 2 rings (SSSR count). The summed E-state index contributed by atoms with van der Waals surface area (Å²) in [4.78, 5) is 0. The van der Waals surface area contributed by atoms with Crippen molar-refractivity contribution in [3.05, 3.63) is 0 Å². The number of rotatable bonds is 0. The van der Waals surface area contributed by atoms with Gasteiger partial charge in [-0.05, 0) is 25.8 Å². The minimum absolute atomic E-state index is 0.144. The molecule has 0 amide bonds. The molecule has 0 unspecified atom stereocenters. The van der Waals surface area contributed by atoms with Gasteiger partial charge in [-0.2, -0.15) is 0 Å². The van der Waals surface area contributed by atoms with Gasteiger partial charge in [0.25, 0.3) is 0 Å². The minimum Gasteiger partial charge on any atom is -0.374 e. The van der Waals surface area contributed by atoms with E-state index in [9.17, 15) is 8.42 Å². The summed E-state index contributed by atoms with van der Waals surface area (Å²) in [6.07, 6.45) is 2.30. The van der Waals surface area contributed by atoms with E-state index in [4.69, 9.17) is 4.74 Å². The number of hydrogen-bond acceptors (Lipinski definition) is 4. The fourth-order valence-electron chi connectivity index (χ4n) is 2.16. The number of hydrogen-bond donors (Lipinski definition) is 1. The SMILES string of the molecule is O=S1(=O)CCC2(CCNCCO2)CC1. The molecule has 14 heavy (non-hydrogen) atoms. The first kappa shape index (κ1) is 10.4. The summed E-state index contributed by atoms with van der Waals surface area (Å²) in [6, 6.07) is 0. The van der Waals surface area contributed by atoms with E-state index in [-0.39, 0.29) is 5.60 Å². The van der Waals surface area contributed by atoms with Crippen LogP contribution in [0.4, 0.5) is 0 Å². The molecule has 1 N–H and O–H groups in total. The van der Waals surface area contributed by atoms with Gasteiger partial charge >= 0.3 is 0 Å². The van der Waals surface area contributed by atoms with E-state index in [1.165, 1.54) is 0 Å². The Morgan fingerprint density at radius 1 is 1.07 bits per heavy atom. The van der Waals surface area contributed by atoms with Crippen LogP contribution >= 0.6 is 0 Å². The van der Waals surface area contributed by atoms with Crippen molar-refractivity contribution in [1.82, 2.24) is 5.32 Å². The van der Waals surface area contributed by atoms with Crippen LogP contribution in [0.5, 0.6) is 0 Å². The maximum Gasteiger partial charge on any atom is 0.150 e. The summed E-state index contributed by atoms with van der Waals surface area (Å²) in [5.74, 6) is 0.597. The first-order valence-corrected chi connectivity index (χ1v) is 6.99. The first-order chi connectivity index (χ1) is 6.62. The molecule has 0 saturated carbocycles. The lowest BCUT2D eigenvalue weighted by atomic mass is 9.93. The standard InChI is InChI=1S/C9H17NO3S/c11-14(12)7-2-9(3-8-14)1-4-10-5-6-13-9/h10H,1-8H2. The number of sulfone groups is 1. The zero-order valence-electron chi connectivity index (χ0n) is 8.29. The summed E-state index contributed by atoms with van der Waals surface area (Å²) in [5.41, 5.74) is -0.144. The van der Waals surface area contributed by atoms with Gasteiger partial charge in [0.05, 0.1) is 23.7 Å². The molecule has 0 aliphatic carbocycles. The Morgan fingerprint density at radius 2 is 1.79 bits per heavy atom. The molecule has 2 fully saturated rings. The molecule has 2 aliphatic heterocycles. The number of nitrogens with one attached hydrogen (secondary N) is 1. The monoisotopic (exact) mass is 219 g/mol. The van der Waals surface area contributed by atoms with Crippen LogP contribution in [-0.2, 0) is 14.6 Å². The van der Waals surface area contributed by atoms with E-state index >= 15 is 0 Å². The Morgan fingerprint density at radius 3 is 2.50 bits per heavy atom. The van der Waals surface area contributed by atoms with Crippen molar-refractivity contribution in [3.63, 3.8) is 0 Å². The second kappa shape index (κ2) is 3.79. The lowest BCUT2D eigenvalue weighted by Crippen LogP contribution is -2.42. The van der Waals surface area contributed by atoms with Gasteiger partial charge in [-0.25, -0.2) is 8.42 Å². The molecule has 0 bridgehead atoms. The Hall–Kier alpha value is -0.130. The molecule has 5 heteroatoms. The van der Waals surface area contributed by atoms with E-state index in [2.05, 4.69) is 5.32 Å². The van der Waals surface area contributed by atoms with Crippen molar-refractivity contribution in [2.75, 3.05) is 31.2 Å². The number of ether oxygens (including phenoxy) is 1. The van der Waals surface area contributed by atoms with Gasteiger partial charge in [0.1, 0.15) is 0 Å². The third kappa shape index (κ3) is 2.27. The van der Waals surface area contributed by atoms with Crippen molar-refractivity contribution < 1.29 is 13.2 Å². The third-order valence-corrected chi connectivity index (χ3v) is 4.83. The van der Waals surface area contributed by atoms with Crippen molar-refractivity contribution in [1.29, 1.82) is 0 Å². The van der Waals surface area contributed by atoms with Crippen molar-refractivity contribution in [2.45, 2.75) is 24.9 Å². The van der Waals surface area contributed by atoms with E-state index < -0.39 is 9.84 Å². The fraction of sp³-hybridized carbons (Fsp3) is 1.00. The van der Waals surface area contributed by atoms with Crippen LogP contribution in [0.25, 0.3) is 0 Å². The van der Waals surface area contributed by atoms with Gasteiger partial charge in [-0.15, -0.1) is 0 Å². The van der Waals surface area contributed by atoms with Crippen molar-refractivity contribution in [2.24, 2.45) is 0 Å². The molecular formula is C9H17NO3S. The van der Waals surface area contributed by atoms with Crippen molar-refractivity contribution in [3.8, 4) is 0 Å². The van der Waals surface area contributed by atoms with E-state index in [0.29, 0.717) is 31.0 Å². The third-order valence-electron chi connectivity index (χ3n) is 3.18. The molecule has 2 aliphatic rings. The highest BCUT2D eigenvalue weighted by atomic mass is 32.2. The van der Waals surface area contributed by atoms with Gasteiger partial charge in [-0.3, -0.25) is 0 Å². The zero-order chi connectivity index (χ0) is 10.1. The van der Waals surface area contributed by atoms with Crippen LogP contribution in [0.2, 0.25) is 0 Å². The predicted octanol–water partition coefficient (Wildman–Crippen LogP) is -0.0563. The normalized spacial score (nSPS) is 31.1. The Kier molecular flexibility index (Phi) is 2.81. The van der Waals surface area contributed by atoms with Crippen LogP contribution in [0.3, 0.4) is 0 Å². The summed E-state index contributed by atoms with van der Waals surface area (Å²) in [6.45, 7) is 2.54. The molecule has 0 aromatic rings. The quantitative estimate of drug-likeness (QED) is 0.620. The van der Waals surface area contributed by atoms with Crippen LogP contribution in [0.1, 0.15) is 19.3 Å². The van der Waals surface area contributed by atoms with Gasteiger partial charge in [0, 0.05) is 6.54 Å². The molecule has 1 spiro atoms. The lowest BCUT2D eigenvalue weighted by Gasteiger charge is -2.35. The van der Waals surface area contributed by atoms with Crippen LogP contribution in [0, 0.1) is 0 Å². The second-order valence-electron chi connectivity index (χ2n) is 4.18. The molecular weight excluding hydrogens is 202 g/mol.